The van der Waals surface area contributed by atoms with Gasteiger partial charge in [-0.2, -0.15) is 4.98 Å². The maximum Gasteiger partial charge on any atom is 0.270 e. The molecule has 2 aromatic heterocycles. The van der Waals surface area contributed by atoms with Gasteiger partial charge in [-0.25, -0.2) is 9.37 Å². The summed E-state index contributed by atoms with van der Waals surface area (Å²) in [4.78, 5) is 21.6. The Labute approximate surface area is 157 Å². The second kappa shape index (κ2) is 7.08. The van der Waals surface area contributed by atoms with Gasteiger partial charge in [-0.1, -0.05) is 59.0 Å². The fourth-order valence-corrected chi connectivity index (χ4v) is 3.36. The van der Waals surface area contributed by atoms with Gasteiger partial charge >= 0.3 is 0 Å². The first-order chi connectivity index (χ1) is 13.1. The van der Waals surface area contributed by atoms with Crippen molar-refractivity contribution in [3.8, 4) is 22.2 Å². The molecule has 27 heavy (non-hydrogen) atoms. The van der Waals surface area contributed by atoms with Crippen LogP contribution in [0.25, 0.3) is 22.2 Å². The van der Waals surface area contributed by atoms with Crippen LogP contribution in [0.4, 0.5) is 9.52 Å². The lowest BCUT2D eigenvalue weighted by Crippen LogP contribution is -2.13. The lowest BCUT2D eigenvalue weighted by molar-refractivity contribution is 0.102. The van der Waals surface area contributed by atoms with Gasteiger partial charge in [0.05, 0.1) is 11.3 Å². The fraction of sp³-hybridized carbons (Fsp3) is 0.0526. The molecule has 0 aliphatic rings. The summed E-state index contributed by atoms with van der Waals surface area (Å²) in [7, 11) is 0. The minimum Gasteiger partial charge on any atom is -0.333 e. The summed E-state index contributed by atoms with van der Waals surface area (Å²) >= 11 is 1.19. The molecule has 0 bridgehead atoms. The van der Waals surface area contributed by atoms with Crippen molar-refractivity contribution in [3.05, 3.63) is 71.7 Å². The van der Waals surface area contributed by atoms with Crippen LogP contribution in [0.5, 0.6) is 0 Å². The van der Waals surface area contributed by atoms with Crippen LogP contribution in [0.2, 0.25) is 0 Å². The Balaban J connectivity index is 1.58. The summed E-state index contributed by atoms with van der Waals surface area (Å²) in [5.41, 5.74) is 1.42. The Morgan fingerprint density at radius 1 is 1.07 bits per heavy atom. The Morgan fingerprint density at radius 3 is 2.59 bits per heavy atom. The zero-order valence-electron chi connectivity index (χ0n) is 14.1. The van der Waals surface area contributed by atoms with Gasteiger partial charge in [-0.3, -0.25) is 10.1 Å². The van der Waals surface area contributed by atoms with Gasteiger partial charge in [0.25, 0.3) is 11.8 Å². The van der Waals surface area contributed by atoms with Crippen LogP contribution in [0, 0.1) is 12.7 Å². The van der Waals surface area contributed by atoms with Gasteiger partial charge in [0.1, 0.15) is 10.7 Å². The highest BCUT2D eigenvalue weighted by atomic mass is 32.1. The molecule has 0 spiro atoms. The van der Waals surface area contributed by atoms with Crippen LogP contribution in [0.1, 0.15) is 16.1 Å². The van der Waals surface area contributed by atoms with Crippen molar-refractivity contribution in [1.29, 1.82) is 0 Å². The normalized spacial score (nSPS) is 10.7. The zero-order chi connectivity index (χ0) is 18.8. The SMILES string of the molecule is Cc1nc(NC(=O)c2ccccc2F)sc1-c1nc(-c2ccccc2)no1. The highest BCUT2D eigenvalue weighted by Crippen LogP contribution is 2.33. The zero-order valence-corrected chi connectivity index (χ0v) is 15.0. The van der Waals surface area contributed by atoms with Crippen molar-refractivity contribution in [2.24, 2.45) is 0 Å². The number of thiazole rings is 1. The number of nitrogens with zero attached hydrogens (tertiary/aromatic N) is 3. The van der Waals surface area contributed by atoms with E-state index in [1.807, 2.05) is 30.3 Å². The van der Waals surface area contributed by atoms with E-state index < -0.39 is 11.7 Å². The molecule has 0 saturated carbocycles. The number of benzene rings is 2. The van der Waals surface area contributed by atoms with E-state index in [1.165, 1.54) is 29.5 Å². The summed E-state index contributed by atoms with van der Waals surface area (Å²) in [6, 6.07) is 15.2. The average molecular weight is 380 g/mol. The van der Waals surface area contributed by atoms with Crippen LogP contribution in [-0.2, 0) is 0 Å². The minimum absolute atomic E-state index is 0.0453. The number of hydrogen-bond acceptors (Lipinski definition) is 6. The Kier molecular flexibility index (Phi) is 4.47. The molecule has 2 aromatic carbocycles. The monoisotopic (exact) mass is 380 g/mol. The van der Waals surface area contributed by atoms with E-state index in [0.717, 1.165) is 5.56 Å². The highest BCUT2D eigenvalue weighted by molar-refractivity contribution is 7.19. The van der Waals surface area contributed by atoms with Crippen molar-refractivity contribution < 1.29 is 13.7 Å². The van der Waals surface area contributed by atoms with Gasteiger partial charge in [-0.05, 0) is 19.1 Å². The lowest BCUT2D eigenvalue weighted by atomic mass is 10.2. The molecule has 0 atom stereocenters. The smallest absolute Gasteiger partial charge is 0.270 e. The molecular weight excluding hydrogens is 367 g/mol. The molecule has 4 aromatic rings. The predicted molar refractivity (Wildman–Crippen MR) is 99.9 cm³/mol. The maximum atomic E-state index is 13.7. The standard InChI is InChI=1S/C19H13FN4O2S/c1-11-15(18-22-16(24-26-18)12-7-3-2-4-8-12)27-19(21-11)23-17(25)13-9-5-6-10-14(13)20/h2-10H,1H3,(H,21,23,25). The highest BCUT2D eigenvalue weighted by Gasteiger charge is 2.19. The van der Waals surface area contributed by atoms with Crippen LogP contribution < -0.4 is 5.32 Å². The van der Waals surface area contributed by atoms with Gasteiger partial charge in [0, 0.05) is 5.56 Å². The summed E-state index contributed by atoms with van der Waals surface area (Å²) in [6.07, 6.45) is 0. The summed E-state index contributed by atoms with van der Waals surface area (Å²) in [5, 5.41) is 6.93. The largest absolute Gasteiger partial charge is 0.333 e. The summed E-state index contributed by atoms with van der Waals surface area (Å²) in [6.45, 7) is 1.77. The van der Waals surface area contributed by atoms with Gasteiger partial charge in [-0.15, -0.1) is 0 Å². The number of anilines is 1. The number of amides is 1. The number of aromatic nitrogens is 3. The molecule has 0 unspecified atom stereocenters. The topological polar surface area (TPSA) is 80.9 Å². The van der Waals surface area contributed by atoms with Crippen molar-refractivity contribution in [3.63, 3.8) is 0 Å². The predicted octanol–water partition coefficient (Wildman–Crippen LogP) is 4.56. The van der Waals surface area contributed by atoms with E-state index in [4.69, 9.17) is 4.52 Å². The maximum absolute atomic E-state index is 13.7. The van der Waals surface area contributed by atoms with Crippen LogP contribution in [0.15, 0.2) is 59.1 Å². The number of carbonyl (C=O) groups excluding carboxylic acids is 1. The van der Waals surface area contributed by atoms with Gasteiger partial charge in [0.15, 0.2) is 5.13 Å². The van der Waals surface area contributed by atoms with Crippen LogP contribution in [-0.4, -0.2) is 21.0 Å². The first-order valence-electron chi connectivity index (χ1n) is 8.04. The van der Waals surface area contributed by atoms with Crippen LogP contribution >= 0.6 is 11.3 Å². The number of rotatable bonds is 4. The summed E-state index contributed by atoms with van der Waals surface area (Å²) in [5.74, 6) is -0.373. The Hall–Kier alpha value is -3.39. The molecule has 2 heterocycles. The van der Waals surface area contributed by atoms with Gasteiger partial charge in [0.2, 0.25) is 5.82 Å². The van der Waals surface area contributed by atoms with E-state index in [1.54, 1.807) is 13.0 Å². The molecule has 0 aliphatic carbocycles. The van der Waals surface area contributed by atoms with Crippen molar-refractivity contribution in [2.45, 2.75) is 6.92 Å². The first kappa shape index (κ1) is 17.0. The third kappa shape index (κ3) is 3.47. The van der Waals surface area contributed by atoms with E-state index in [0.29, 0.717) is 27.4 Å². The molecule has 8 heteroatoms. The van der Waals surface area contributed by atoms with E-state index in [2.05, 4.69) is 20.4 Å². The molecule has 6 nitrogen and oxygen atoms in total. The molecule has 0 aliphatic heterocycles. The number of hydrogen-bond donors (Lipinski definition) is 1. The van der Waals surface area contributed by atoms with E-state index >= 15 is 0 Å². The average Bonchev–Trinajstić information content (AvgIpc) is 3.29. The molecule has 4 rings (SSSR count). The molecule has 0 radical (unpaired) electrons. The van der Waals surface area contributed by atoms with Gasteiger partial charge < -0.3 is 4.52 Å². The third-order valence-electron chi connectivity index (χ3n) is 3.79. The molecule has 0 fully saturated rings. The molecule has 0 saturated heterocycles. The molecule has 1 amide bonds. The number of aryl methyl sites for hydroxylation is 1. The number of nitrogens with one attached hydrogen (secondary N) is 1. The van der Waals surface area contributed by atoms with Crippen molar-refractivity contribution in [1.82, 2.24) is 15.1 Å². The second-order valence-electron chi connectivity index (χ2n) is 5.66. The van der Waals surface area contributed by atoms with Crippen molar-refractivity contribution in [2.75, 3.05) is 5.32 Å². The minimum atomic E-state index is -0.590. The Bertz CT molecular complexity index is 1110. The van der Waals surface area contributed by atoms with Crippen LogP contribution in [0.3, 0.4) is 0 Å². The number of halogens is 1. The lowest BCUT2D eigenvalue weighted by Gasteiger charge is -2.02. The summed E-state index contributed by atoms with van der Waals surface area (Å²) < 4.78 is 19.1. The quantitative estimate of drug-likeness (QED) is 0.561. The van der Waals surface area contributed by atoms with E-state index in [9.17, 15) is 9.18 Å². The van der Waals surface area contributed by atoms with E-state index in [-0.39, 0.29) is 5.56 Å². The molecular formula is C19H13FN4O2S. The first-order valence-corrected chi connectivity index (χ1v) is 8.86. The third-order valence-corrected chi connectivity index (χ3v) is 4.85. The second-order valence-corrected chi connectivity index (χ2v) is 6.66. The fourth-order valence-electron chi connectivity index (χ4n) is 2.48. The molecule has 134 valence electrons. The molecule has 1 N–H and O–H groups in total. The van der Waals surface area contributed by atoms with Crippen molar-refractivity contribution >= 4 is 22.4 Å². The number of carbonyl (C=O) groups is 1. The Morgan fingerprint density at radius 2 is 1.81 bits per heavy atom.